The number of nitrogens with zero attached hydrogens (tertiary/aromatic N) is 1. The van der Waals surface area contributed by atoms with Gasteiger partial charge in [-0.15, -0.1) is 0 Å². The zero-order valence-corrected chi connectivity index (χ0v) is 10.5. The Morgan fingerprint density at radius 3 is 2.94 bits per heavy atom. The summed E-state index contributed by atoms with van der Waals surface area (Å²) in [6.07, 6.45) is 0.0820. The third-order valence-corrected chi connectivity index (χ3v) is 3.12. The fourth-order valence-electron chi connectivity index (χ4n) is 1.98. The van der Waals surface area contributed by atoms with Crippen molar-refractivity contribution in [2.75, 3.05) is 18.6 Å². The third-order valence-electron chi connectivity index (χ3n) is 2.89. The van der Waals surface area contributed by atoms with E-state index in [0.717, 1.165) is 0 Å². The summed E-state index contributed by atoms with van der Waals surface area (Å²) in [6.45, 7) is 0.194. The molecule has 6 heteroatoms. The van der Waals surface area contributed by atoms with Crippen molar-refractivity contribution in [3.8, 4) is 5.75 Å². The average molecular weight is 270 g/mol. The number of hydrogen-bond donors (Lipinski definition) is 1. The molecule has 5 nitrogen and oxygen atoms in total. The third kappa shape index (κ3) is 2.26. The van der Waals surface area contributed by atoms with Crippen LogP contribution < -0.4 is 4.90 Å². The second-order valence-electron chi connectivity index (χ2n) is 4.06. The van der Waals surface area contributed by atoms with E-state index in [9.17, 15) is 14.7 Å². The van der Waals surface area contributed by atoms with Gasteiger partial charge < -0.3 is 14.7 Å². The monoisotopic (exact) mass is 269 g/mol. The van der Waals surface area contributed by atoms with Gasteiger partial charge in [0.2, 0.25) is 5.91 Å². The molecule has 1 amide bonds. The van der Waals surface area contributed by atoms with Gasteiger partial charge in [0.05, 0.1) is 18.7 Å². The highest BCUT2D eigenvalue weighted by Gasteiger charge is 2.36. The maximum atomic E-state index is 11.8. The number of phenolic OH excluding ortho intramolecular Hbond substituents is 1. The van der Waals surface area contributed by atoms with Crippen molar-refractivity contribution in [3.63, 3.8) is 0 Å². The largest absolute Gasteiger partial charge is 0.506 e. The van der Waals surface area contributed by atoms with Crippen LogP contribution in [0.5, 0.6) is 5.75 Å². The Morgan fingerprint density at radius 2 is 2.28 bits per heavy atom. The molecular weight excluding hydrogens is 258 g/mol. The summed E-state index contributed by atoms with van der Waals surface area (Å²) in [7, 11) is 1.28. The van der Waals surface area contributed by atoms with Crippen molar-refractivity contribution in [1.82, 2.24) is 0 Å². The summed E-state index contributed by atoms with van der Waals surface area (Å²) in [4.78, 5) is 24.6. The smallest absolute Gasteiger partial charge is 0.311 e. The molecule has 0 saturated carbocycles. The second-order valence-corrected chi connectivity index (χ2v) is 4.50. The van der Waals surface area contributed by atoms with E-state index in [1.807, 2.05) is 0 Å². The Kier molecular flexibility index (Phi) is 3.43. The fourth-order valence-corrected chi connectivity index (χ4v) is 2.14. The van der Waals surface area contributed by atoms with Crippen LogP contribution in [0.2, 0.25) is 5.02 Å². The molecule has 0 radical (unpaired) electrons. The van der Waals surface area contributed by atoms with Gasteiger partial charge in [0, 0.05) is 18.0 Å². The van der Waals surface area contributed by atoms with Crippen LogP contribution in [0.1, 0.15) is 6.42 Å². The van der Waals surface area contributed by atoms with E-state index in [0.29, 0.717) is 10.7 Å². The predicted octanol–water partition coefficient (Wildman–Crippen LogP) is 1.57. The molecule has 1 saturated heterocycles. The summed E-state index contributed by atoms with van der Waals surface area (Å²) in [5, 5.41) is 10.1. The van der Waals surface area contributed by atoms with Gasteiger partial charge in [-0.1, -0.05) is 11.6 Å². The molecule has 1 unspecified atom stereocenters. The predicted molar refractivity (Wildman–Crippen MR) is 65.6 cm³/mol. The Hall–Kier alpha value is -1.75. The molecule has 2 rings (SSSR count). The molecule has 1 aliphatic rings. The Balaban J connectivity index is 2.27. The van der Waals surface area contributed by atoms with Crippen molar-refractivity contribution >= 4 is 29.2 Å². The molecule has 96 valence electrons. The highest BCUT2D eigenvalue weighted by molar-refractivity contribution is 6.31. The number of hydrogen-bond acceptors (Lipinski definition) is 4. The van der Waals surface area contributed by atoms with E-state index in [1.165, 1.54) is 30.2 Å². The molecule has 0 spiro atoms. The van der Waals surface area contributed by atoms with Crippen LogP contribution in [0.15, 0.2) is 18.2 Å². The molecule has 1 atom stereocenters. The summed E-state index contributed by atoms with van der Waals surface area (Å²) in [6, 6.07) is 4.43. The lowest BCUT2D eigenvalue weighted by Gasteiger charge is -2.17. The van der Waals surface area contributed by atoms with E-state index >= 15 is 0 Å². The number of carbonyl (C=O) groups is 2. The van der Waals surface area contributed by atoms with Crippen LogP contribution in [-0.4, -0.2) is 30.6 Å². The van der Waals surface area contributed by atoms with Crippen LogP contribution in [0.4, 0.5) is 5.69 Å². The molecule has 0 aromatic heterocycles. The van der Waals surface area contributed by atoms with E-state index in [-0.39, 0.29) is 24.6 Å². The lowest BCUT2D eigenvalue weighted by molar-refractivity contribution is -0.145. The van der Waals surface area contributed by atoms with Crippen LogP contribution in [-0.2, 0) is 14.3 Å². The SMILES string of the molecule is COC(=O)C1CC(=O)N(c2cc(Cl)ccc2O)C1. The maximum Gasteiger partial charge on any atom is 0.311 e. The quantitative estimate of drug-likeness (QED) is 0.828. The zero-order chi connectivity index (χ0) is 13.3. The molecule has 1 N–H and O–H groups in total. The Bertz CT molecular complexity index is 503. The number of amides is 1. The summed E-state index contributed by atoms with van der Waals surface area (Å²) in [5.74, 6) is -1.20. The minimum absolute atomic E-state index is 0.0433. The van der Waals surface area contributed by atoms with Crippen LogP contribution in [0, 0.1) is 5.92 Å². The average Bonchev–Trinajstić information content (AvgIpc) is 2.73. The van der Waals surface area contributed by atoms with Crippen LogP contribution in [0.3, 0.4) is 0 Å². The summed E-state index contributed by atoms with van der Waals surface area (Å²) >= 11 is 5.83. The minimum atomic E-state index is -0.499. The van der Waals surface area contributed by atoms with Crippen molar-refractivity contribution in [1.29, 1.82) is 0 Å². The number of carbonyl (C=O) groups excluding carboxylic acids is 2. The molecule has 0 aliphatic carbocycles. The molecule has 1 heterocycles. The maximum absolute atomic E-state index is 11.8. The van der Waals surface area contributed by atoms with Gasteiger partial charge in [-0.05, 0) is 18.2 Å². The molecule has 1 aliphatic heterocycles. The van der Waals surface area contributed by atoms with Gasteiger partial charge in [-0.3, -0.25) is 9.59 Å². The first-order valence-electron chi connectivity index (χ1n) is 5.39. The van der Waals surface area contributed by atoms with Gasteiger partial charge in [0.1, 0.15) is 5.75 Å². The van der Waals surface area contributed by atoms with E-state index in [4.69, 9.17) is 11.6 Å². The first kappa shape index (κ1) is 12.7. The zero-order valence-electron chi connectivity index (χ0n) is 9.72. The van der Waals surface area contributed by atoms with Gasteiger partial charge in [0.15, 0.2) is 0 Å². The second kappa shape index (κ2) is 4.86. The van der Waals surface area contributed by atoms with Gasteiger partial charge >= 0.3 is 5.97 Å². The summed E-state index contributed by atoms with van der Waals surface area (Å²) < 4.78 is 4.61. The number of anilines is 1. The summed E-state index contributed by atoms with van der Waals surface area (Å²) in [5.41, 5.74) is 0.318. The van der Waals surface area contributed by atoms with Gasteiger partial charge in [0.25, 0.3) is 0 Å². The molecule has 1 aromatic rings. The van der Waals surface area contributed by atoms with Crippen molar-refractivity contribution in [3.05, 3.63) is 23.2 Å². The normalized spacial score (nSPS) is 19.1. The number of benzene rings is 1. The molecule has 1 fully saturated rings. The van der Waals surface area contributed by atoms with Gasteiger partial charge in [-0.2, -0.15) is 0 Å². The number of rotatable bonds is 2. The molecule has 18 heavy (non-hydrogen) atoms. The number of methoxy groups -OCH3 is 1. The minimum Gasteiger partial charge on any atom is -0.506 e. The van der Waals surface area contributed by atoms with Crippen molar-refractivity contribution < 1.29 is 19.4 Å². The molecule has 1 aromatic carbocycles. The highest BCUT2D eigenvalue weighted by Crippen LogP contribution is 2.34. The number of ether oxygens (including phenoxy) is 1. The van der Waals surface area contributed by atoms with E-state index in [1.54, 1.807) is 0 Å². The first-order chi connectivity index (χ1) is 8.52. The van der Waals surface area contributed by atoms with Crippen LogP contribution >= 0.6 is 11.6 Å². The lowest BCUT2D eigenvalue weighted by Crippen LogP contribution is -2.26. The fraction of sp³-hybridized carbons (Fsp3) is 0.333. The Labute approximate surface area is 109 Å². The number of esters is 1. The van der Waals surface area contributed by atoms with E-state index < -0.39 is 11.9 Å². The van der Waals surface area contributed by atoms with Crippen LogP contribution in [0.25, 0.3) is 0 Å². The van der Waals surface area contributed by atoms with E-state index in [2.05, 4.69) is 4.74 Å². The topological polar surface area (TPSA) is 66.8 Å². The van der Waals surface area contributed by atoms with Crippen molar-refractivity contribution in [2.45, 2.75) is 6.42 Å². The number of aromatic hydroxyl groups is 1. The Morgan fingerprint density at radius 1 is 1.56 bits per heavy atom. The number of halogens is 1. The highest BCUT2D eigenvalue weighted by atomic mass is 35.5. The number of phenols is 1. The molecular formula is C12H12ClNO4. The standard InChI is InChI=1S/C12H12ClNO4/c1-18-12(17)7-4-11(16)14(6-7)9-5-8(13)2-3-10(9)15/h2-3,5,7,15H,4,6H2,1H3. The lowest BCUT2D eigenvalue weighted by atomic mass is 10.1. The molecule has 0 bridgehead atoms. The van der Waals surface area contributed by atoms with Gasteiger partial charge in [-0.25, -0.2) is 0 Å². The van der Waals surface area contributed by atoms with Crippen molar-refractivity contribution in [2.24, 2.45) is 5.92 Å². The first-order valence-corrected chi connectivity index (χ1v) is 5.77.